The van der Waals surface area contributed by atoms with Crippen molar-refractivity contribution in [2.24, 2.45) is 0 Å². The van der Waals surface area contributed by atoms with Crippen LogP contribution in [0.5, 0.6) is 0 Å². The molecule has 1 aromatic carbocycles. The topological polar surface area (TPSA) is 102 Å². The third kappa shape index (κ3) is 5.23. The number of hydrogen-bond donors (Lipinski definition) is 0. The molecule has 3 rings (SSSR count). The number of nitrogens with zero attached hydrogens (tertiary/aromatic N) is 3. The van der Waals surface area contributed by atoms with Crippen molar-refractivity contribution in [2.75, 3.05) is 32.9 Å². The second kappa shape index (κ2) is 10.0. The van der Waals surface area contributed by atoms with Crippen LogP contribution in [0.3, 0.4) is 0 Å². The quantitative estimate of drug-likeness (QED) is 0.613. The first kappa shape index (κ1) is 21.5. The number of thiazole rings is 1. The van der Waals surface area contributed by atoms with E-state index in [1.807, 2.05) is 6.07 Å². The van der Waals surface area contributed by atoms with Gasteiger partial charge in [-0.1, -0.05) is 12.1 Å². The van der Waals surface area contributed by atoms with Gasteiger partial charge in [0.15, 0.2) is 0 Å². The van der Waals surface area contributed by atoms with Crippen molar-refractivity contribution in [1.82, 2.24) is 9.47 Å². The van der Waals surface area contributed by atoms with Crippen LogP contribution in [-0.4, -0.2) is 54.3 Å². The fourth-order valence-corrected chi connectivity index (χ4v) is 3.96. The molecule has 2 heterocycles. The van der Waals surface area contributed by atoms with E-state index >= 15 is 0 Å². The van der Waals surface area contributed by atoms with E-state index in [4.69, 9.17) is 14.7 Å². The number of hydrogen-bond acceptors (Lipinski definition) is 7. The molecule has 1 amide bonds. The van der Waals surface area contributed by atoms with Crippen molar-refractivity contribution >= 4 is 35.4 Å². The highest BCUT2D eigenvalue weighted by atomic mass is 32.1. The van der Waals surface area contributed by atoms with Crippen LogP contribution < -0.4 is 14.8 Å². The second-order valence-electron chi connectivity index (χ2n) is 6.46. The summed E-state index contributed by atoms with van der Waals surface area (Å²) in [6, 6.07) is 8.82. The minimum Gasteiger partial charge on any atom is -0.463 e. The Morgan fingerprint density at radius 3 is 2.60 bits per heavy atom. The van der Waals surface area contributed by atoms with Crippen LogP contribution in [0.15, 0.2) is 29.1 Å². The van der Waals surface area contributed by atoms with Gasteiger partial charge in [-0.3, -0.25) is 14.2 Å². The Labute approximate surface area is 176 Å². The van der Waals surface area contributed by atoms with Gasteiger partial charge in [0, 0.05) is 13.1 Å². The molecule has 0 N–H and O–H groups in total. The van der Waals surface area contributed by atoms with Crippen molar-refractivity contribution in [2.45, 2.75) is 13.5 Å². The lowest BCUT2D eigenvalue weighted by Gasteiger charge is -2.26. The standard InChI is InChI=1S/C21H21N3O5S/c1-2-29-20(26)12-19-24(14-18(25)23-7-9-28-10-8-23)21(27)17(30-19)11-15-3-5-16(13-22)6-4-15/h3-6,11-12H,2,7-10,14H2,1H3/b17-11+,19-12-. The number of rotatable bonds is 5. The predicted molar refractivity (Wildman–Crippen MR) is 111 cm³/mol. The number of carbonyl (C=O) groups is 2. The Morgan fingerprint density at radius 2 is 1.97 bits per heavy atom. The highest BCUT2D eigenvalue weighted by Gasteiger charge is 2.19. The van der Waals surface area contributed by atoms with Gasteiger partial charge in [-0.05, 0) is 30.7 Å². The van der Waals surface area contributed by atoms with Crippen LogP contribution in [0.25, 0.3) is 12.2 Å². The van der Waals surface area contributed by atoms with Crippen LogP contribution in [0.2, 0.25) is 0 Å². The Hall–Kier alpha value is -3.22. The number of amides is 1. The van der Waals surface area contributed by atoms with Gasteiger partial charge in [0.1, 0.15) is 11.2 Å². The molecule has 0 bridgehead atoms. The molecule has 8 nitrogen and oxygen atoms in total. The third-order valence-corrected chi connectivity index (χ3v) is 5.52. The van der Waals surface area contributed by atoms with Crippen LogP contribution in [0.4, 0.5) is 0 Å². The average Bonchev–Trinajstić information content (AvgIpc) is 3.03. The maximum Gasteiger partial charge on any atom is 0.333 e. The predicted octanol–water partition coefficient (Wildman–Crippen LogP) is -0.187. The summed E-state index contributed by atoms with van der Waals surface area (Å²) in [5.74, 6) is -0.780. The monoisotopic (exact) mass is 427 g/mol. The summed E-state index contributed by atoms with van der Waals surface area (Å²) in [4.78, 5) is 39.3. The van der Waals surface area contributed by atoms with Gasteiger partial charge in [0.2, 0.25) is 5.91 Å². The smallest absolute Gasteiger partial charge is 0.333 e. The Morgan fingerprint density at radius 1 is 1.27 bits per heavy atom. The first-order valence-electron chi connectivity index (χ1n) is 9.47. The summed E-state index contributed by atoms with van der Waals surface area (Å²) in [6.07, 6.45) is 2.91. The molecule has 0 atom stereocenters. The summed E-state index contributed by atoms with van der Waals surface area (Å²) in [6.45, 7) is 3.61. The fourth-order valence-electron chi connectivity index (χ4n) is 2.93. The molecule has 156 valence electrons. The molecule has 1 aliphatic rings. The van der Waals surface area contributed by atoms with Gasteiger partial charge in [-0.25, -0.2) is 4.79 Å². The van der Waals surface area contributed by atoms with E-state index in [9.17, 15) is 14.4 Å². The lowest BCUT2D eigenvalue weighted by molar-refractivity contribution is -0.136. The summed E-state index contributed by atoms with van der Waals surface area (Å²) in [5.41, 5.74) is 0.895. The summed E-state index contributed by atoms with van der Waals surface area (Å²) in [7, 11) is 0. The van der Waals surface area contributed by atoms with Crippen LogP contribution in [-0.2, 0) is 25.6 Å². The second-order valence-corrected chi connectivity index (χ2v) is 7.53. The van der Waals surface area contributed by atoms with Crippen LogP contribution >= 0.6 is 11.3 Å². The van der Waals surface area contributed by atoms with Crippen LogP contribution in [0, 0.1) is 11.3 Å². The van der Waals surface area contributed by atoms with Gasteiger partial charge in [-0.15, -0.1) is 11.3 Å². The molecule has 1 fully saturated rings. The molecular weight excluding hydrogens is 406 g/mol. The SMILES string of the molecule is CCOC(=O)/C=c1\s/c(=C/c2ccc(C#N)cc2)c(=O)n1CC(=O)N1CCOCC1. The first-order chi connectivity index (χ1) is 14.5. The van der Waals surface area contributed by atoms with Crippen molar-refractivity contribution in [1.29, 1.82) is 5.26 Å². The molecular formula is C21H21N3O5S. The normalized spacial score (nSPS) is 15.1. The van der Waals surface area contributed by atoms with Gasteiger partial charge >= 0.3 is 5.97 Å². The summed E-state index contributed by atoms with van der Waals surface area (Å²) in [5, 5.41) is 8.92. The van der Waals surface area contributed by atoms with E-state index < -0.39 is 5.97 Å². The zero-order valence-electron chi connectivity index (χ0n) is 16.5. The number of benzene rings is 1. The van der Waals surface area contributed by atoms with Gasteiger partial charge < -0.3 is 14.4 Å². The molecule has 2 aromatic rings. The van der Waals surface area contributed by atoms with Gasteiger partial charge in [0.05, 0.1) is 42.1 Å². The Bertz CT molecular complexity index is 1140. The molecule has 1 aromatic heterocycles. The molecule has 1 saturated heterocycles. The number of nitriles is 1. The molecule has 9 heteroatoms. The number of esters is 1. The van der Waals surface area contributed by atoms with E-state index in [-0.39, 0.29) is 24.6 Å². The highest BCUT2D eigenvalue weighted by Crippen LogP contribution is 2.04. The lowest BCUT2D eigenvalue weighted by Crippen LogP contribution is -2.45. The first-order valence-corrected chi connectivity index (χ1v) is 10.3. The Balaban J connectivity index is 2.01. The zero-order chi connectivity index (χ0) is 21.5. The van der Waals surface area contributed by atoms with E-state index in [0.29, 0.717) is 41.1 Å². The van der Waals surface area contributed by atoms with E-state index in [0.717, 1.165) is 16.9 Å². The number of morpholine rings is 1. The van der Waals surface area contributed by atoms with Gasteiger partial charge in [0.25, 0.3) is 5.56 Å². The number of ether oxygens (including phenoxy) is 2. The summed E-state index contributed by atoms with van der Waals surface area (Å²) < 4.78 is 12.2. The maximum absolute atomic E-state index is 13.0. The van der Waals surface area contributed by atoms with E-state index in [2.05, 4.69) is 0 Å². The van der Waals surface area contributed by atoms with Gasteiger partial charge in [-0.2, -0.15) is 5.26 Å². The van der Waals surface area contributed by atoms with Crippen molar-refractivity contribution in [3.63, 3.8) is 0 Å². The Kier molecular flexibility index (Phi) is 7.17. The third-order valence-electron chi connectivity index (χ3n) is 4.46. The average molecular weight is 427 g/mol. The maximum atomic E-state index is 13.0. The number of aromatic nitrogens is 1. The molecule has 0 spiro atoms. The van der Waals surface area contributed by atoms with E-state index in [1.165, 1.54) is 10.6 Å². The summed E-state index contributed by atoms with van der Waals surface area (Å²) >= 11 is 1.11. The fraction of sp³-hybridized carbons (Fsp3) is 0.333. The highest BCUT2D eigenvalue weighted by molar-refractivity contribution is 7.07. The molecule has 0 saturated carbocycles. The van der Waals surface area contributed by atoms with Crippen LogP contribution in [0.1, 0.15) is 18.1 Å². The molecule has 0 aliphatic carbocycles. The zero-order valence-corrected chi connectivity index (χ0v) is 17.3. The van der Waals surface area contributed by atoms with Crippen molar-refractivity contribution in [3.8, 4) is 6.07 Å². The largest absolute Gasteiger partial charge is 0.463 e. The molecule has 1 aliphatic heterocycles. The number of carbonyl (C=O) groups excluding carboxylic acids is 2. The lowest BCUT2D eigenvalue weighted by atomic mass is 10.1. The minimum absolute atomic E-state index is 0.165. The van der Waals surface area contributed by atoms with Crippen molar-refractivity contribution in [3.05, 3.63) is 54.9 Å². The molecule has 0 unspecified atom stereocenters. The minimum atomic E-state index is -0.573. The van der Waals surface area contributed by atoms with E-state index in [1.54, 1.807) is 42.2 Å². The molecule has 30 heavy (non-hydrogen) atoms. The van der Waals surface area contributed by atoms with Crippen molar-refractivity contribution < 1.29 is 19.1 Å². The molecule has 0 radical (unpaired) electrons.